The van der Waals surface area contributed by atoms with Gasteiger partial charge in [-0.1, -0.05) is 18.2 Å². The highest BCUT2D eigenvalue weighted by Crippen LogP contribution is 2.20. The molecule has 1 aromatic heterocycles. The average Bonchev–Trinajstić information content (AvgIpc) is 3.24. The van der Waals surface area contributed by atoms with Crippen LogP contribution in [0.2, 0.25) is 0 Å². The van der Waals surface area contributed by atoms with E-state index in [4.69, 9.17) is 9.47 Å². The van der Waals surface area contributed by atoms with Crippen molar-refractivity contribution in [2.45, 2.75) is 17.9 Å². The van der Waals surface area contributed by atoms with Gasteiger partial charge < -0.3 is 14.8 Å². The summed E-state index contributed by atoms with van der Waals surface area (Å²) in [5, 5.41) is 9.92. The molecule has 1 saturated heterocycles. The molecule has 1 atom stereocenters. The summed E-state index contributed by atoms with van der Waals surface area (Å²) in [5.74, 6) is -1.28. The van der Waals surface area contributed by atoms with Gasteiger partial charge in [0, 0.05) is 24.2 Å². The lowest BCUT2D eigenvalue weighted by Crippen LogP contribution is -2.40. The van der Waals surface area contributed by atoms with E-state index in [9.17, 15) is 18.0 Å². The number of carbonyl (C=O) groups excluding carboxylic acids is 2. The van der Waals surface area contributed by atoms with Gasteiger partial charge in [-0.25, -0.2) is 13.2 Å². The Balaban J connectivity index is 1.38. The second-order valence-electron chi connectivity index (χ2n) is 7.20. The minimum Gasteiger partial charge on any atom is -0.448 e. The molecule has 0 saturated carbocycles. The topological polar surface area (TPSA) is 131 Å². The van der Waals surface area contributed by atoms with E-state index in [1.54, 1.807) is 18.2 Å². The minimum atomic E-state index is -3.62. The fourth-order valence-corrected chi connectivity index (χ4v) is 4.69. The van der Waals surface area contributed by atoms with E-state index >= 15 is 0 Å². The molecule has 0 unspecified atom stereocenters. The molecule has 1 aliphatic rings. The lowest BCUT2D eigenvalue weighted by molar-refractivity contribution is -0.123. The standard InChI is InChI=1S/C21H22N4O6S/c1-14(31-21(27)19-17-4-2-3-5-18(17)23-24-19)20(26)22-15-6-8-16(9-7-15)32(28,29)25-10-12-30-13-11-25/h2-9,14H,10-13H2,1H3,(H,22,26)(H,23,24)/t14-/m0/s1. The SMILES string of the molecule is C[C@H](OC(=O)c1n[nH]c2ccccc12)C(=O)Nc1ccc(S(=O)(=O)N2CCOCC2)cc1. The third kappa shape index (κ3) is 4.49. The summed E-state index contributed by atoms with van der Waals surface area (Å²) in [6.45, 7) is 2.76. The Morgan fingerprint density at radius 3 is 2.53 bits per heavy atom. The van der Waals surface area contributed by atoms with Crippen LogP contribution in [0.4, 0.5) is 5.69 Å². The maximum absolute atomic E-state index is 12.7. The van der Waals surface area contributed by atoms with Gasteiger partial charge in [0.1, 0.15) is 0 Å². The number of sulfonamides is 1. The molecule has 1 amide bonds. The molecule has 0 spiro atoms. The summed E-state index contributed by atoms with van der Waals surface area (Å²) in [4.78, 5) is 25.0. The number of aromatic amines is 1. The second kappa shape index (κ2) is 9.07. The third-order valence-electron chi connectivity index (χ3n) is 5.05. The predicted octanol–water partition coefficient (Wildman–Crippen LogP) is 1.77. The third-order valence-corrected chi connectivity index (χ3v) is 6.96. The van der Waals surface area contributed by atoms with E-state index in [1.807, 2.05) is 6.07 Å². The van der Waals surface area contributed by atoms with Crippen LogP contribution in [0.25, 0.3) is 10.9 Å². The molecule has 11 heteroatoms. The van der Waals surface area contributed by atoms with Gasteiger partial charge in [-0.05, 0) is 37.3 Å². The van der Waals surface area contributed by atoms with Gasteiger partial charge in [0.25, 0.3) is 5.91 Å². The smallest absolute Gasteiger partial charge is 0.360 e. The zero-order valence-electron chi connectivity index (χ0n) is 17.3. The molecule has 2 N–H and O–H groups in total. The monoisotopic (exact) mass is 458 g/mol. The van der Waals surface area contributed by atoms with Crippen molar-refractivity contribution in [2.75, 3.05) is 31.6 Å². The molecule has 1 aliphatic heterocycles. The van der Waals surface area contributed by atoms with Crippen LogP contribution >= 0.6 is 0 Å². The van der Waals surface area contributed by atoms with Crippen LogP contribution in [-0.2, 0) is 24.3 Å². The number of aromatic nitrogens is 2. The Bertz CT molecular complexity index is 1230. The van der Waals surface area contributed by atoms with Gasteiger partial charge in [0.2, 0.25) is 10.0 Å². The Morgan fingerprint density at radius 1 is 1.12 bits per heavy atom. The molecule has 0 aliphatic carbocycles. The Hall–Kier alpha value is -3.28. The summed E-state index contributed by atoms with van der Waals surface area (Å²) < 4.78 is 37.2. The largest absolute Gasteiger partial charge is 0.448 e. The maximum Gasteiger partial charge on any atom is 0.360 e. The van der Waals surface area contributed by atoms with Crippen molar-refractivity contribution in [1.82, 2.24) is 14.5 Å². The molecule has 168 valence electrons. The number of anilines is 1. The highest BCUT2D eigenvalue weighted by atomic mass is 32.2. The zero-order chi connectivity index (χ0) is 22.7. The summed E-state index contributed by atoms with van der Waals surface area (Å²) in [6.07, 6.45) is -1.09. The summed E-state index contributed by atoms with van der Waals surface area (Å²) >= 11 is 0. The van der Waals surface area contributed by atoms with Crippen molar-refractivity contribution in [3.63, 3.8) is 0 Å². The number of hydrogen-bond acceptors (Lipinski definition) is 7. The first-order valence-corrected chi connectivity index (χ1v) is 11.4. The first-order valence-electron chi connectivity index (χ1n) is 9.99. The fourth-order valence-electron chi connectivity index (χ4n) is 3.28. The van der Waals surface area contributed by atoms with Crippen LogP contribution in [0.3, 0.4) is 0 Å². The number of ether oxygens (including phenoxy) is 2. The van der Waals surface area contributed by atoms with Gasteiger partial charge in [-0.15, -0.1) is 0 Å². The minimum absolute atomic E-state index is 0.0953. The number of amides is 1. The van der Waals surface area contributed by atoms with Gasteiger partial charge >= 0.3 is 5.97 Å². The molecular formula is C21H22N4O6S. The molecule has 0 radical (unpaired) electrons. The van der Waals surface area contributed by atoms with Crippen molar-refractivity contribution < 1.29 is 27.5 Å². The van der Waals surface area contributed by atoms with Gasteiger partial charge in [0.05, 0.1) is 23.6 Å². The second-order valence-corrected chi connectivity index (χ2v) is 9.13. The molecule has 32 heavy (non-hydrogen) atoms. The van der Waals surface area contributed by atoms with E-state index in [0.717, 1.165) is 0 Å². The van der Waals surface area contributed by atoms with Crippen LogP contribution in [0, 0.1) is 0 Å². The molecule has 0 bridgehead atoms. The van der Waals surface area contributed by atoms with Crippen LogP contribution < -0.4 is 5.32 Å². The number of morpholine rings is 1. The molecule has 10 nitrogen and oxygen atoms in total. The Morgan fingerprint density at radius 2 is 1.81 bits per heavy atom. The number of para-hydroxylation sites is 1. The van der Waals surface area contributed by atoms with Gasteiger partial charge in [-0.2, -0.15) is 9.40 Å². The zero-order valence-corrected chi connectivity index (χ0v) is 18.1. The number of benzene rings is 2. The predicted molar refractivity (Wildman–Crippen MR) is 116 cm³/mol. The first kappa shape index (κ1) is 21.9. The Labute approximate surface area is 184 Å². The average molecular weight is 458 g/mol. The quantitative estimate of drug-likeness (QED) is 0.538. The number of hydrogen-bond donors (Lipinski definition) is 2. The lowest BCUT2D eigenvalue weighted by Gasteiger charge is -2.26. The molecule has 1 fully saturated rings. The number of nitrogens with one attached hydrogen (secondary N) is 2. The first-order chi connectivity index (χ1) is 15.4. The van der Waals surface area contributed by atoms with Crippen molar-refractivity contribution in [2.24, 2.45) is 0 Å². The van der Waals surface area contributed by atoms with Gasteiger partial charge in [0.15, 0.2) is 11.8 Å². The summed E-state index contributed by atoms with van der Waals surface area (Å²) in [5.41, 5.74) is 1.16. The van der Waals surface area contributed by atoms with Crippen molar-refractivity contribution in [1.29, 1.82) is 0 Å². The normalized spacial score (nSPS) is 15.9. The highest BCUT2D eigenvalue weighted by Gasteiger charge is 2.26. The molecule has 4 rings (SSSR count). The van der Waals surface area contributed by atoms with E-state index in [-0.39, 0.29) is 10.6 Å². The summed E-state index contributed by atoms with van der Waals surface area (Å²) in [7, 11) is -3.62. The molecule has 2 heterocycles. The number of carbonyl (C=O) groups is 2. The van der Waals surface area contributed by atoms with Gasteiger partial charge in [-0.3, -0.25) is 9.89 Å². The van der Waals surface area contributed by atoms with Crippen LogP contribution in [0.1, 0.15) is 17.4 Å². The number of esters is 1. The van der Waals surface area contributed by atoms with E-state index in [2.05, 4.69) is 15.5 Å². The van der Waals surface area contributed by atoms with Crippen molar-refractivity contribution >= 4 is 38.5 Å². The highest BCUT2D eigenvalue weighted by molar-refractivity contribution is 7.89. The number of H-pyrrole nitrogens is 1. The number of rotatable bonds is 6. The summed E-state index contributed by atoms with van der Waals surface area (Å²) in [6, 6.07) is 12.9. The lowest BCUT2D eigenvalue weighted by atomic mass is 10.2. The Kier molecular flexibility index (Phi) is 6.21. The van der Waals surface area contributed by atoms with Crippen LogP contribution in [-0.4, -0.2) is 67.2 Å². The van der Waals surface area contributed by atoms with E-state index in [1.165, 1.54) is 35.5 Å². The molecule has 2 aromatic carbocycles. The number of nitrogens with zero attached hydrogens (tertiary/aromatic N) is 2. The van der Waals surface area contributed by atoms with Crippen molar-refractivity contribution in [3.05, 3.63) is 54.2 Å². The molecule has 3 aromatic rings. The van der Waals surface area contributed by atoms with Crippen LogP contribution in [0.5, 0.6) is 0 Å². The van der Waals surface area contributed by atoms with Crippen LogP contribution in [0.15, 0.2) is 53.4 Å². The maximum atomic E-state index is 12.7. The van der Waals surface area contributed by atoms with E-state index < -0.39 is 28.0 Å². The molecular weight excluding hydrogens is 436 g/mol. The number of fused-ring (bicyclic) bond motifs is 1. The van der Waals surface area contributed by atoms with Crippen molar-refractivity contribution in [3.8, 4) is 0 Å². The fraction of sp³-hybridized carbons (Fsp3) is 0.286. The van der Waals surface area contributed by atoms with E-state index in [0.29, 0.717) is 42.9 Å².